The topological polar surface area (TPSA) is 103 Å². The fourth-order valence-corrected chi connectivity index (χ4v) is 5.10. The highest BCUT2D eigenvalue weighted by atomic mass is 19.1. The summed E-state index contributed by atoms with van der Waals surface area (Å²) in [5.41, 5.74) is 2.91. The smallest absolute Gasteiger partial charge is 0.274 e. The molecule has 1 amide bonds. The fraction of sp³-hybridized carbons (Fsp3) is 0.323. The molecule has 0 unspecified atom stereocenters. The number of hydrogen-bond donors (Lipinski definition) is 3. The van der Waals surface area contributed by atoms with Gasteiger partial charge in [0.2, 0.25) is 6.41 Å². The molecule has 0 bridgehead atoms. The zero-order valence-corrected chi connectivity index (χ0v) is 23.5. The van der Waals surface area contributed by atoms with Crippen LogP contribution >= 0.6 is 0 Å². The summed E-state index contributed by atoms with van der Waals surface area (Å²) in [4.78, 5) is 31.5. The summed E-state index contributed by atoms with van der Waals surface area (Å²) in [7, 11) is 0. The highest BCUT2D eigenvalue weighted by molar-refractivity contribution is 6.08. The zero-order valence-electron chi connectivity index (χ0n) is 23.5. The molecule has 1 aliphatic carbocycles. The number of aliphatic hydroxyl groups excluding tert-OH is 1. The molecule has 1 aromatic heterocycles. The number of rotatable bonds is 8. The van der Waals surface area contributed by atoms with Crippen LogP contribution in [0.15, 0.2) is 75.5 Å². The number of aromatic nitrogens is 2. The van der Waals surface area contributed by atoms with Crippen molar-refractivity contribution in [1.82, 2.24) is 20.0 Å². The van der Waals surface area contributed by atoms with Gasteiger partial charge in [0.25, 0.3) is 5.56 Å². The molecule has 0 spiro atoms. The first kappa shape index (κ1) is 29.7. The predicted octanol–water partition coefficient (Wildman–Crippen LogP) is 5.43. The molecule has 0 atom stereocenters. The fourth-order valence-electron chi connectivity index (χ4n) is 5.10. The number of aromatic amines is 1. The van der Waals surface area contributed by atoms with Crippen LogP contribution in [0, 0.1) is 11.6 Å². The monoisotopic (exact) mass is 563 g/mol. The molecule has 1 aliphatic heterocycles. The predicted molar refractivity (Wildman–Crippen MR) is 158 cm³/mol. The van der Waals surface area contributed by atoms with Crippen LogP contribution in [0.2, 0.25) is 0 Å². The average Bonchev–Trinajstić information content (AvgIpc) is 3.55. The number of benzene rings is 2. The van der Waals surface area contributed by atoms with Crippen molar-refractivity contribution in [3.05, 3.63) is 98.8 Å². The zero-order chi connectivity index (χ0) is 29.5. The third kappa shape index (κ3) is 6.89. The Morgan fingerprint density at radius 2 is 1.80 bits per heavy atom. The van der Waals surface area contributed by atoms with Gasteiger partial charge in [-0.2, -0.15) is 0 Å². The maximum absolute atomic E-state index is 13.9. The second kappa shape index (κ2) is 13.4. The summed E-state index contributed by atoms with van der Waals surface area (Å²) in [6, 6.07) is 8.44. The largest absolute Gasteiger partial charge is 0.512 e. The van der Waals surface area contributed by atoms with Crippen LogP contribution in [0.5, 0.6) is 0 Å². The maximum Gasteiger partial charge on any atom is 0.274 e. The minimum Gasteiger partial charge on any atom is -0.512 e. The van der Waals surface area contributed by atoms with E-state index in [4.69, 9.17) is 4.99 Å². The summed E-state index contributed by atoms with van der Waals surface area (Å²) in [5, 5.41) is 17.0. The molecular formula is C31H35F2N5O3. The number of carbonyl (C=O) groups excluding carboxylic acids is 1. The molecule has 5 rings (SSSR count). The Labute approximate surface area is 237 Å². The summed E-state index contributed by atoms with van der Waals surface area (Å²) >= 11 is 0. The number of H-pyrrole nitrogens is 1. The van der Waals surface area contributed by atoms with Crippen molar-refractivity contribution in [2.45, 2.75) is 46.6 Å². The second-order valence-electron chi connectivity index (χ2n) is 9.74. The van der Waals surface area contributed by atoms with Crippen LogP contribution in [-0.4, -0.2) is 51.5 Å². The van der Waals surface area contributed by atoms with E-state index in [1.54, 1.807) is 23.7 Å². The molecule has 3 aromatic rings. The van der Waals surface area contributed by atoms with Crippen molar-refractivity contribution in [2.24, 2.45) is 4.99 Å². The van der Waals surface area contributed by atoms with Crippen LogP contribution in [-0.2, 0) is 11.3 Å². The molecule has 41 heavy (non-hydrogen) atoms. The molecule has 10 heteroatoms. The number of aliphatic imine (C=N–C) groups is 1. The van der Waals surface area contributed by atoms with Gasteiger partial charge in [-0.1, -0.05) is 26.0 Å². The Hall–Kier alpha value is -4.31. The Morgan fingerprint density at radius 1 is 1.10 bits per heavy atom. The van der Waals surface area contributed by atoms with Gasteiger partial charge in [-0.3, -0.25) is 24.4 Å². The molecule has 216 valence electrons. The van der Waals surface area contributed by atoms with Gasteiger partial charge in [-0.15, -0.1) is 0 Å². The first-order valence-electron chi connectivity index (χ1n) is 13.8. The number of fused-ring (bicyclic) bond motifs is 1. The summed E-state index contributed by atoms with van der Waals surface area (Å²) in [6.45, 7) is 9.21. The quantitative estimate of drug-likeness (QED) is 0.251. The Morgan fingerprint density at radius 3 is 2.49 bits per heavy atom. The van der Waals surface area contributed by atoms with Crippen molar-refractivity contribution in [2.75, 3.05) is 19.6 Å². The Balaban J connectivity index is 0.00000189. The number of likely N-dealkylation sites (tertiary alicyclic amines) is 1. The molecule has 0 radical (unpaired) electrons. The number of aliphatic hydroxyl groups is 1. The van der Waals surface area contributed by atoms with E-state index >= 15 is 0 Å². The van der Waals surface area contributed by atoms with Gasteiger partial charge in [-0.05, 0) is 74.3 Å². The SMILES string of the molecule is CC.CC(=NC1=C(NC=O)C=C(c2cc(F)cc(F)c2)C=C(O)C1)c1cccc2c(=O)n(CCN3CCCC3)[nH]c12. The van der Waals surface area contributed by atoms with Gasteiger partial charge in [0, 0.05) is 30.3 Å². The standard InChI is InChI=1S/C29H29F2N5O3.C2H6/c1-18(24-5-4-6-25-28(24)34-36(29(25)39)10-9-35-7-2-3-8-35)33-27-16-23(38)13-20(14-26(27)32-17-37)19-11-21(30)15-22(31)12-19;1-2/h4-6,11-15,17,34,38H,2-3,7-10,16H2,1H3,(H,32,37);1-2H3. The van der Waals surface area contributed by atoms with Crippen molar-refractivity contribution in [1.29, 1.82) is 0 Å². The van der Waals surface area contributed by atoms with Crippen molar-refractivity contribution < 1.29 is 18.7 Å². The molecule has 1 saturated heterocycles. The van der Waals surface area contributed by atoms with Gasteiger partial charge in [-0.25, -0.2) is 8.78 Å². The van der Waals surface area contributed by atoms with Crippen molar-refractivity contribution >= 4 is 28.6 Å². The van der Waals surface area contributed by atoms with Crippen LogP contribution in [0.3, 0.4) is 0 Å². The van der Waals surface area contributed by atoms with E-state index in [0.29, 0.717) is 46.4 Å². The highest BCUT2D eigenvalue weighted by Crippen LogP contribution is 2.29. The van der Waals surface area contributed by atoms with E-state index in [9.17, 15) is 23.5 Å². The number of hydrogen-bond acceptors (Lipinski definition) is 5. The van der Waals surface area contributed by atoms with E-state index < -0.39 is 11.6 Å². The van der Waals surface area contributed by atoms with Crippen molar-refractivity contribution in [3.8, 4) is 0 Å². The maximum atomic E-state index is 13.9. The van der Waals surface area contributed by atoms with Crippen LogP contribution < -0.4 is 10.9 Å². The molecule has 2 aliphatic rings. The lowest BCUT2D eigenvalue weighted by atomic mass is 10.0. The molecule has 8 nitrogen and oxygen atoms in total. The molecule has 3 N–H and O–H groups in total. The minimum atomic E-state index is -0.763. The molecule has 2 aromatic carbocycles. The van der Waals surface area contributed by atoms with E-state index in [2.05, 4.69) is 15.3 Å². The van der Waals surface area contributed by atoms with E-state index in [1.807, 2.05) is 19.9 Å². The molecule has 0 saturated carbocycles. The van der Waals surface area contributed by atoms with E-state index in [0.717, 1.165) is 37.8 Å². The van der Waals surface area contributed by atoms with E-state index in [-0.39, 0.29) is 29.0 Å². The lowest BCUT2D eigenvalue weighted by Gasteiger charge is -2.13. The number of nitrogens with zero attached hydrogens (tertiary/aromatic N) is 3. The van der Waals surface area contributed by atoms with Gasteiger partial charge < -0.3 is 15.3 Å². The normalized spacial score (nSPS) is 16.2. The number of allylic oxidation sites excluding steroid dienone is 3. The molecule has 2 heterocycles. The lowest BCUT2D eigenvalue weighted by molar-refractivity contribution is -0.108. The number of nitrogens with one attached hydrogen (secondary N) is 2. The number of halogens is 2. The summed E-state index contributed by atoms with van der Waals surface area (Å²) in [6.07, 6.45) is 5.69. The lowest BCUT2D eigenvalue weighted by Crippen LogP contribution is -2.28. The van der Waals surface area contributed by atoms with Gasteiger partial charge in [0.05, 0.1) is 34.6 Å². The van der Waals surface area contributed by atoms with Crippen LogP contribution in [0.25, 0.3) is 16.5 Å². The third-order valence-corrected chi connectivity index (χ3v) is 7.01. The van der Waals surface area contributed by atoms with Crippen LogP contribution in [0.4, 0.5) is 8.78 Å². The molecule has 1 fully saturated rings. The van der Waals surface area contributed by atoms with Gasteiger partial charge in [0.1, 0.15) is 11.6 Å². The summed E-state index contributed by atoms with van der Waals surface area (Å²) in [5.74, 6) is -1.62. The Bertz CT molecular complexity index is 1590. The number of carbonyl (C=O) groups is 1. The number of amides is 1. The average molecular weight is 564 g/mol. The Kier molecular flexibility index (Phi) is 9.67. The summed E-state index contributed by atoms with van der Waals surface area (Å²) < 4.78 is 29.3. The van der Waals surface area contributed by atoms with Crippen molar-refractivity contribution in [3.63, 3.8) is 0 Å². The van der Waals surface area contributed by atoms with E-state index in [1.165, 1.54) is 25.0 Å². The molecular weight excluding hydrogens is 528 g/mol. The van der Waals surface area contributed by atoms with Gasteiger partial charge in [0.15, 0.2) is 0 Å². The second-order valence-corrected chi connectivity index (χ2v) is 9.74. The number of para-hydroxylation sites is 1. The third-order valence-electron chi connectivity index (χ3n) is 7.01. The minimum absolute atomic E-state index is 0.0331. The first-order valence-corrected chi connectivity index (χ1v) is 13.8. The highest BCUT2D eigenvalue weighted by Gasteiger charge is 2.18. The van der Waals surface area contributed by atoms with Gasteiger partial charge >= 0.3 is 0 Å². The first-order chi connectivity index (χ1) is 19.8. The van der Waals surface area contributed by atoms with Crippen LogP contribution in [0.1, 0.15) is 51.2 Å².